The molecule has 216 valence electrons. The summed E-state index contributed by atoms with van der Waals surface area (Å²) < 4.78 is 41.9. The van der Waals surface area contributed by atoms with E-state index in [0.717, 1.165) is 62.1 Å². The van der Waals surface area contributed by atoms with Gasteiger partial charge in [0.05, 0.1) is 11.9 Å². The van der Waals surface area contributed by atoms with Crippen molar-refractivity contribution in [3.63, 3.8) is 0 Å². The van der Waals surface area contributed by atoms with Gasteiger partial charge < -0.3 is 10.2 Å². The second-order valence-electron chi connectivity index (χ2n) is 10.9. The summed E-state index contributed by atoms with van der Waals surface area (Å²) in [6.45, 7) is 7.82. The third-order valence-corrected chi connectivity index (χ3v) is 10.1. The molecule has 3 aromatic rings. The number of sulfonamides is 1. The number of hydrogen-bond acceptors (Lipinski definition) is 7. The molecule has 0 amide bonds. The van der Waals surface area contributed by atoms with E-state index in [1.807, 2.05) is 26.0 Å². The van der Waals surface area contributed by atoms with Crippen LogP contribution in [0.1, 0.15) is 66.2 Å². The highest BCUT2D eigenvalue weighted by Crippen LogP contribution is 2.32. The van der Waals surface area contributed by atoms with E-state index in [9.17, 15) is 8.42 Å². The molecular weight excluding hydrogens is 553 g/mol. The molecule has 12 heteroatoms. The molecule has 0 atom stereocenters. The van der Waals surface area contributed by atoms with Crippen LogP contribution in [0.3, 0.4) is 0 Å². The van der Waals surface area contributed by atoms with Gasteiger partial charge >= 0.3 is 0 Å². The number of rotatable bonds is 10. The van der Waals surface area contributed by atoms with E-state index in [-0.39, 0.29) is 23.9 Å². The van der Waals surface area contributed by atoms with Gasteiger partial charge in [0.2, 0.25) is 10.0 Å². The summed E-state index contributed by atoms with van der Waals surface area (Å²) in [4.78, 5) is 11.2. The summed E-state index contributed by atoms with van der Waals surface area (Å²) >= 11 is 6.27. The number of nitrogens with zero attached hydrogens (tertiary/aromatic N) is 5. The van der Waals surface area contributed by atoms with Gasteiger partial charge in [0.15, 0.2) is 11.6 Å². The van der Waals surface area contributed by atoms with Crippen molar-refractivity contribution in [1.82, 2.24) is 29.4 Å². The quantitative estimate of drug-likeness (QED) is 0.345. The molecular formula is C28H37ClFN7O2S. The molecule has 0 unspecified atom stereocenters. The van der Waals surface area contributed by atoms with Gasteiger partial charge in [-0.05, 0) is 94.3 Å². The van der Waals surface area contributed by atoms with Gasteiger partial charge in [-0.15, -0.1) is 0 Å². The topological polar surface area (TPSA) is 107 Å². The first-order valence-corrected chi connectivity index (χ1v) is 16.0. The average molecular weight is 590 g/mol. The molecule has 2 saturated heterocycles. The molecule has 4 heterocycles. The first-order chi connectivity index (χ1) is 19.2. The number of aromatic nitrogens is 4. The standard InChI is InChI=1S/C28H37ClFN7O2S/c1-19-14-22(16-26-31-18-24(29)28(32-26)33-27-15-20(2)34-35-27)25(30)17-23(19)21-6-11-36(12-7-21)8-5-13-40(38,39)37-9-3-4-10-37/h14-15,17-18,21H,3-13,16H2,1-2H3,(H2,31,32,33,34,35). The predicted molar refractivity (Wildman–Crippen MR) is 155 cm³/mol. The Morgan fingerprint density at radius 2 is 1.88 bits per heavy atom. The molecule has 2 N–H and O–H groups in total. The highest BCUT2D eigenvalue weighted by atomic mass is 35.5. The van der Waals surface area contributed by atoms with Crippen molar-refractivity contribution in [2.45, 2.75) is 58.3 Å². The SMILES string of the molecule is Cc1cc(Nc2nc(Cc3cc(C)c(C4CCN(CCCS(=O)(=O)N5CCCC5)CC4)cc3F)ncc2Cl)n[nH]1. The number of aromatic amines is 1. The molecule has 5 rings (SSSR count). The smallest absolute Gasteiger partial charge is 0.214 e. The van der Waals surface area contributed by atoms with Crippen molar-refractivity contribution < 1.29 is 12.8 Å². The summed E-state index contributed by atoms with van der Waals surface area (Å²) in [6, 6.07) is 5.42. The predicted octanol–water partition coefficient (Wildman–Crippen LogP) is 4.94. The molecule has 40 heavy (non-hydrogen) atoms. The maximum absolute atomic E-state index is 15.3. The highest BCUT2D eigenvalue weighted by molar-refractivity contribution is 7.89. The Labute approximate surface area is 240 Å². The van der Waals surface area contributed by atoms with Crippen LogP contribution in [-0.4, -0.2) is 76.3 Å². The molecule has 2 fully saturated rings. The summed E-state index contributed by atoms with van der Waals surface area (Å²) in [7, 11) is -3.13. The Bertz CT molecular complexity index is 1430. The monoisotopic (exact) mass is 589 g/mol. The normalized spacial score (nSPS) is 17.5. The Morgan fingerprint density at radius 1 is 1.12 bits per heavy atom. The molecule has 1 aromatic carbocycles. The van der Waals surface area contributed by atoms with E-state index in [1.54, 1.807) is 10.4 Å². The largest absolute Gasteiger partial charge is 0.322 e. The van der Waals surface area contributed by atoms with Crippen LogP contribution in [0.2, 0.25) is 5.02 Å². The van der Waals surface area contributed by atoms with Crippen LogP contribution in [0.5, 0.6) is 0 Å². The number of likely N-dealkylation sites (tertiary alicyclic amines) is 1. The van der Waals surface area contributed by atoms with E-state index < -0.39 is 10.0 Å². The fourth-order valence-corrected chi connectivity index (χ4v) is 7.42. The van der Waals surface area contributed by atoms with Gasteiger partial charge in [-0.3, -0.25) is 5.10 Å². The van der Waals surface area contributed by atoms with Crippen LogP contribution in [0.15, 0.2) is 24.4 Å². The second kappa shape index (κ2) is 12.5. The molecule has 0 aliphatic carbocycles. The Kier molecular flexibility index (Phi) is 9.04. The number of hydrogen-bond donors (Lipinski definition) is 2. The number of aryl methyl sites for hydroxylation is 2. The fraction of sp³-hybridized carbons (Fsp3) is 0.536. The summed E-state index contributed by atoms with van der Waals surface area (Å²) in [5, 5.41) is 10.4. The minimum Gasteiger partial charge on any atom is -0.322 e. The summed E-state index contributed by atoms with van der Waals surface area (Å²) in [5.41, 5.74) is 3.55. The van der Waals surface area contributed by atoms with Crippen molar-refractivity contribution in [2.75, 3.05) is 43.8 Å². The van der Waals surface area contributed by atoms with E-state index in [4.69, 9.17) is 11.6 Å². The Morgan fingerprint density at radius 3 is 2.58 bits per heavy atom. The van der Waals surface area contributed by atoms with Crippen LogP contribution in [-0.2, 0) is 16.4 Å². The van der Waals surface area contributed by atoms with Crippen LogP contribution in [0, 0.1) is 19.7 Å². The zero-order valence-corrected chi connectivity index (χ0v) is 24.7. The van der Waals surface area contributed by atoms with Crippen molar-refractivity contribution in [3.8, 4) is 0 Å². The minimum absolute atomic E-state index is 0.219. The fourth-order valence-electron chi connectivity index (χ4n) is 5.72. The van der Waals surface area contributed by atoms with Crippen LogP contribution in [0.25, 0.3) is 0 Å². The van der Waals surface area contributed by atoms with Gasteiger partial charge in [0, 0.05) is 31.3 Å². The van der Waals surface area contributed by atoms with Crippen molar-refractivity contribution in [2.24, 2.45) is 0 Å². The summed E-state index contributed by atoms with van der Waals surface area (Å²) in [5.74, 6) is 1.72. The van der Waals surface area contributed by atoms with Crippen molar-refractivity contribution in [3.05, 3.63) is 63.4 Å². The Balaban J connectivity index is 1.16. The third kappa shape index (κ3) is 6.99. The van der Waals surface area contributed by atoms with Crippen molar-refractivity contribution >= 4 is 33.3 Å². The van der Waals surface area contributed by atoms with Crippen molar-refractivity contribution in [1.29, 1.82) is 0 Å². The van der Waals surface area contributed by atoms with Crippen LogP contribution in [0.4, 0.5) is 16.0 Å². The van der Waals surface area contributed by atoms with Gasteiger partial charge in [-0.25, -0.2) is 27.1 Å². The number of anilines is 2. The zero-order valence-electron chi connectivity index (χ0n) is 23.1. The number of H-pyrrole nitrogens is 1. The lowest BCUT2D eigenvalue weighted by atomic mass is 9.85. The van der Waals surface area contributed by atoms with E-state index in [2.05, 4.69) is 30.4 Å². The zero-order chi connectivity index (χ0) is 28.3. The molecule has 0 bridgehead atoms. The van der Waals surface area contributed by atoms with Crippen LogP contribution < -0.4 is 5.32 Å². The third-order valence-electron chi connectivity index (χ3n) is 7.89. The van der Waals surface area contributed by atoms with E-state index in [1.165, 1.54) is 6.20 Å². The molecule has 2 aromatic heterocycles. The number of piperidine rings is 1. The molecule has 0 radical (unpaired) electrons. The lowest BCUT2D eigenvalue weighted by Gasteiger charge is -2.33. The van der Waals surface area contributed by atoms with Gasteiger partial charge in [-0.2, -0.15) is 5.10 Å². The summed E-state index contributed by atoms with van der Waals surface area (Å²) in [6.07, 6.45) is 6.21. The highest BCUT2D eigenvalue weighted by Gasteiger charge is 2.26. The lowest BCUT2D eigenvalue weighted by molar-refractivity contribution is 0.212. The number of nitrogens with one attached hydrogen (secondary N) is 2. The first-order valence-electron chi connectivity index (χ1n) is 14.0. The maximum atomic E-state index is 15.3. The van der Waals surface area contributed by atoms with Gasteiger partial charge in [0.1, 0.15) is 16.7 Å². The van der Waals surface area contributed by atoms with Gasteiger partial charge in [-0.1, -0.05) is 17.7 Å². The minimum atomic E-state index is -3.13. The number of halogens is 2. The molecule has 0 saturated carbocycles. The molecule has 2 aliphatic rings. The maximum Gasteiger partial charge on any atom is 0.214 e. The molecule has 0 spiro atoms. The van der Waals surface area contributed by atoms with Crippen LogP contribution >= 0.6 is 11.6 Å². The lowest BCUT2D eigenvalue weighted by Crippen LogP contribution is -2.36. The van der Waals surface area contributed by atoms with E-state index in [0.29, 0.717) is 47.6 Å². The first kappa shape index (κ1) is 28.9. The van der Waals surface area contributed by atoms with E-state index >= 15 is 4.39 Å². The average Bonchev–Trinajstić information content (AvgIpc) is 3.61. The number of benzene rings is 1. The molecule has 2 aliphatic heterocycles. The Hall–Kier alpha value is -2.60. The molecule has 9 nitrogen and oxygen atoms in total. The van der Waals surface area contributed by atoms with Gasteiger partial charge in [0.25, 0.3) is 0 Å². The second-order valence-corrected chi connectivity index (χ2v) is 13.4.